The number of anilines is 1. The average Bonchev–Trinajstić information content (AvgIpc) is 3.32. The number of halogens is 1. The number of hydrogen-bond donors (Lipinski definition) is 2. The standard InChI is InChI=1S/C18H19FN6.C8H10/c19-14-3-1-13(2-4-14)17-23-15(12-5-8-21-9-6-12)11-25(17)16-7-10-22-18(20)24-16;1-2-8-6-4-3-5-7-8/h1-4,7,10-12,21H,5-6,8-9H2,(H2,20,22,24);3-7H,2H2,1H3. The minimum Gasteiger partial charge on any atom is -0.368 e. The normalized spacial score (nSPS) is 13.9. The Morgan fingerprint density at radius 2 is 1.73 bits per heavy atom. The van der Waals surface area contributed by atoms with Crippen LogP contribution in [0.5, 0.6) is 0 Å². The van der Waals surface area contributed by atoms with Crippen molar-refractivity contribution in [1.82, 2.24) is 24.8 Å². The predicted molar refractivity (Wildman–Crippen MR) is 130 cm³/mol. The van der Waals surface area contributed by atoms with Crippen molar-refractivity contribution in [2.24, 2.45) is 0 Å². The Hall–Kier alpha value is -3.58. The first-order valence-corrected chi connectivity index (χ1v) is 11.3. The molecule has 0 amide bonds. The van der Waals surface area contributed by atoms with Crippen molar-refractivity contribution >= 4 is 5.95 Å². The number of aryl methyl sites for hydroxylation is 1. The smallest absolute Gasteiger partial charge is 0.221 e. The highest BCUT2D eigenvalue weighted by Gasteiger charge is 2.21. The summed E-state index contributed by atoms with van der Waals surface area (Å²) in [5.74, 6) is 1.72. The van der Waals surface area contributed by atoms with Gasteiger partial charge in [0.2, 0.25) is 5.95 Å². The summed E-state index contributed by atoms with van der Waals surface area (Å²) in [5.41, 5.74) is 9.01. The third-order valence-corrected chi connectivity index (χ3v) is 5.74. The van der Waals surface area contributed by atoms with Gasteiger partial charge in [0.1, 0.15) is 17.5 Å². The molecule has 0 unspecified atom stereocenters. The zero-order chi connectivity index (χ0) is 23.0. The molecule has 2 aromatic heterocycles. The first kappa shape index (κ1) is 22.6. The zero-order valence-corrected chi connectivity index (χ0v) is 18.8. The highest BCUT2D eigenvalue weighted by Crippen LogP contribution is 2.29. The second kappa shape index (κ2) is 10.8. The van der Waals surface area contributed by atoms with Crippen molar-refractivity contribution in [3.05, 3.63) is 90.1 Å². The molecular formula is C26H29FN6. The van der Waals surface area contributed by atoms with Gasteiger partial charge in [-0.05, 0) is 68.2 Å². The molecule has 0 spiro atoms. The van der Waals surface area contributed by atoms with E-state index < -0.39 is 0 Å². The number of imidazole rings is 1. The zero-order valence-electron chi connectivity index (χ0n) is 18.8. The third-order valence-electron chi connectivity index (χ3n) is 5.74. The van der Waals surface area contributed by atoms with Gasteiger partial charge in [-0.25, -0.2) is 14.4 Å². The van der Waals surface area contributed by atoms with Crippen molar-refractivity contribution in [3.63, 3.8) is 0 Å². The van der Waals surface area contributed by atoms with Crippen LogP contribution in [0.3, 0.4) is 0 Å². The molecule has 0 aliphatic carbocycles. The van der Waals surface area contributed by atoms with Crippen LogP contribution in [-0.4, -0.2) is 32.6 Å². The molecule has 3 N–H and O–H groups in total. The van der Waals surface area contributed by atoms with E-state index in [9.17, 15) is 4.39 Å². The average molecular weight is 445 g/mol. The number of aromatic nitrogens is 4. The second-order valence-electron chi connectivity index (χ2n) is 8.00. The van der Waals surface area contributed by atoms with Crippen molar-refractivity contribution in [2.75, 3.05) is 18.8 Å². The Morgan fingerprint density at radius 3 is 2.36 bits per heavy atom. The van der Waals surface area contributed by atoms with Gasteiger partial charge in [0, 0.05) is 23.9 Å². The monoisotopic (exact) mass is 444 g/mol. The number of nitrogens with one attached hydrogen (secondary N) is 1. The Morgan fingerprint density at radius 1 is 1.00 bits per heavy atom. The molecule has 0 saturated carbocycles. The molecule has 1 aliphatic heterocycles. The van der Waals surface area contributed by atoms with Crippen molar-refractivity contribution in [3.8, 4) is 17.2 Å². The van der Waals surface area contributed by atoms with Gasteiger partial charge in [0.25, 0.3) is 0 Å². The van der Waals surface area contributed by atoms with Crippen molar-refractivity contribution in [2.45, 2.75) is 32.1 Å². The van der Waals surface area contributed by atoms with Crippen LogP contribution in [0.2, 0.25) is 0 Å². The molecule has 3 heterocycles. The molecule has 0 radical (unpaired) electrons. The van der Waals surface area contributed by atoms with Gasteiger partial charge in [0.05, 0.1) is 5.69 Å². The first-order chi connectivity index (χ1) is 16.1. The maximum atomic E-state index is 13.3. The molecule has 1 aliphatic rings. The fourth-order valence-electron chi connectivity index (χ4n) is 3.90. The van der Waals surface area contributed by atoms with Gasteiger partial charge in [-0.3, -0.25) is 4.57 Å². The highest BCUT2D eigenvalue weighted by molar-refractivity contribution is 5.59. The number of hydrogen-bond acceptors (Lipinski definition) is 5. The van der Waals surface area contributed by atoms with E-state index in [1.165, 1.54) is 17.7 Å². The quantitative estimate of drug-likeness (QED) is 0.474. The van der Waals surface area contributed by atoms with Crippen LogP contribution in [0, 0.1) is 5.82 Å². The number of rotatable bonds is 4. The van der Waals surface area contributed by atoms with E-state index in [2.05, 4.69) is 46.5 Å². The number of nitrogens with zero attached hydrogens (tertiary/aromatic N) is 4. The minimum atomic E-state index is -0.272. The SMILES string of the molecule is CCc1ccccc1.Nc1nccc(-n2cc(C3CCNCC3)nc2-c2ccc(F)cc2)n1. The molecule has 7 heteroatoms. The van der Waals surface area contributed by atoms with E-state index in [1.807, 2.05) is 16.8 Å². The van der Waals surface area contributed by atoms with Crippen LogP contribution in [0.4, 0.5) is 10.3 Å². The van der Waals surface area contributed by atoms with E-state index in [0.29, 0.717) is 11.7 Å². The highest BCUT2D eigenvalue weighted by atomic mass is 19.1. The van der Waals surface area contributed by atoms with Crippen LogP contribution in [-0.2, 0) is 6.42 Å². The van der Waals surface area contributed by atoms with Crippen LogP contribution in [0.25, 0.3) is 17.2 Å². The van der Waals surface area contributed by atoms with Crippen LogP contribution >= 0.6 is 0 Å². The van der Waals surface area contributed by atoms with Gasteiger partial charge in [-0.2, -0.15) is 4.98 Å². The summed E-state index contributed by atoms with van der Waals surface area (Å²) in [4.78, 5) is 13.1. The molecule has 170 valence electrons. The maximum absolute atomic E-state index is 13.3. The lowest BCUT2D eigenvalue weighted by atomic mass is 9.95. The molecule has 33 heavy (non-hydrogen) atoms. The minimum absolute atomic E-state index is 0.208. The maximum Gasteiger partial charge on any atom is 0.221 e. The number of nitrogens with two attached hydrogens (primary N) is 1. The summed E-state index contributed by atoms with van der Waals surface area (Å²) in [5, 5.41) is 3.37. The van der Waals surface area contributed by atoms with Gasteiger partial charge < -0.3 is 11.1 Å². The topological polar surface area (TPSA) is 81.6 Å². The lowest BCUT2D eigenvalue weighted by Gasteiger charge is -2.20. The summed E-state index contributed by atoms with van der Waals surface area (Å²) >= 11 is 0. The number of nitrogen functional groups attached to an aromatic ring is 1. The number of piperidine rings is 1. The molecule has 5 rings (SSSR count). The molecule has 0 atom stereocenters. The van der Waals surface area contributed by atoms with Crippen molar-refractivity contribution < 1.29 is 4.39 Å². The number of benzene rings is 2. The van der Waals surface area contributed by atoms with E-state index >= 15 is 0 Å². The summed E-state index contributed by atoms with van der Waals surface area (Å²) in [6, 6.07) is 18.6. The molecule has 6 nitrogen and oxygen atoms in total. The Kier molecular flexibility index (Phi) is 7.42. The van der Waals surface area contributed by atoms with E-state index in [4.69, 9.17) is 10.7 Å². The summed E-state index contributed by atoms with van der Waals surface area (Å²) < 4.78 is 15.2. The first-order valence-electron chi connectivity index (χ1n) is 11.3. The lowest BCUT2D eigenvalue weighted by Crippen LogP contribution is -2.26. The summed E-state index contributed by atoms with van der Waals surface area (Å²) in [7, 11) is 0. The second-order valence-corrected chi connectivity index (χ2v) is 8.00. The molecule has 2 aromatic carbocycles. The van der Waals surface area contributed by atoms with E-state index in [-0.39, 0.29) is 11.8 Å². The molecule has 4 aromatic rings. The van der Waals surface area contributed by atoms with Gasteiger partial charge in [-0.1, -0.05) is 37.3 Å². The van der Waals surface area contributed by atoms with E-state index in [1.54, 1.807) is 24.4 Å². The lowest BCUT2D eigenvalue weighted by molar-refractivity contribution is 0.454. The van der Waals surface area contributed by atoms with Gasteiger partial charge in [-0.15, -0.1) is 0 Å². The van der Waals surface area contributed by atoms with Gasteiger partial charge >= 0.3 is 0 Å². The van der Waals surface area contributed by atoms with E-state index in [0.717, 1.165) is 49.4 Å². The molecule has 1 saturated heterocycles. The van der Waals surface area contributed by atoms with Crippen LogP contribution in [0.15, 0.2) is 73.1 Å². The molecule has 1 fully saturated rings. The summed E-state index contributed by atoms with van der Waals surface area (Å²) in [6.45, 7) is 4.14. The van der Waals surface area contributed by atoms with Gasteiger partial charge in [0.15, 0.2) is 0 Å². The summed E-state index contributed by atoms with van der Waals surface area (Å²) in [6.07, 6.45) is 6.87. The Balaban J connectivity index is 0.000000275. The Labute approximate surface area is 193 Å². The largest absolute Gasteiger partial charge is 0.368 e. The Bertz CT molecular complexity index is 1150. The van der Waals surface area contributed by atoms with Crippen LogP contribution in [0.1, 0.15) is 36.9 Å². The van der Waals surface area contributed by atoms with Crippen molar-refractivity contribution in [1.29, 1.82) is 0 Å². The van der Waals surface area contributed by atoms with Crippen LogP contribution < -0.4 is 11.1 Å². The third kappa shape index (κ3) is 5.81. The molecular weight excluding hydrogens is 415 g/mol. The molecule has 0 bridgehead atoms. The fourth-order valence-corrected chi connectivity index (χ4v) is 3.90. The predicted octanol–water partition coefficient (Wildman–Crippen LogP) is 4.77. The fraction of sp³-hybridized carbons (Fsp3) is 0.269.